The maximum atomic E-state index is 0. The molecule has 0 N–H and O–H groups in total. The summed E-state index contributed by atoms with van der Waals surface area (Å²) in [5.41, 5.74) is 0. The maximum absolute atomic E-state index is 0. The van der Waals surface area contributed by atoms with Gasteiger partial charge >= 0.3 is 99.6 Å². The second-order valence-electron chi connectivity index (χ2n) is 0. The normalized spacial score (nSPS) is 0. The fourth-order valence-electron chi connectivity index (χ4n) is 0. The average Bonchev–Trinajstić information content (AvgIpc) is 0. The van der Waals surface area contributed by atoms with Crippen LogP contribution in [0.5, 0.6) is 0 Å². The minimum atomic E-state index is 0. The van der Waals surface area contributed by atoms with Crippen LogP contribution in [0.1, 0.15) is 2.85 Å². The van der Waals surface area contributed by atoms with Crippen molar-refractivity contribution in [3.63, 3.8) is 0 Å². The smallest absolute Gasteiger partial charge is 0 e. The largest absolute Gasteiger partial charge is 0 e. The van der Waals surface area contributed by atoms with Crippen LogP contribution < -0.4 is 48.4 Å². The van der Waals surface area contributed by atoms with Crippen molar-refractivity contribution in [1.82, 2.24) is 0 Å². The summed E-state index contributed by atoms with van der Waals surface area (Å²) in [7, 11) is 0. The zero-order chi connectivity index (χ0) is 0. The summed E-state index contributed by atoms with van der Waals surface area (Å²) < 4.78 is 0. The van der Waals surface area contributed by atoms with Crippen molar-refractivity contribution in [2.45, 2.75) is 0 Å². The van der Waals surface area contributed by atoms with Crippen LogP contribution in [0.3, 0.4) is 0 Å². The summed E-state index contributed by atoms with van der Waals surface area (Å²) in [4.78, 5) is 0. The molecule has 0 saturated heterocycles. The van der Waals surface area contributed by atoms with E-state index in [-0.39, 0.29) is 138 Å². The van der Waals surface area contributed by atoms with Crippen molar-refractivity contribution in [1.29, 1.82) is 0 Å². The first-order chi connectivity index (χ1) is 0. The van der Waals surface area contributed by atoms with E-state index in [1.807, 2.05) is 0 Å². The molecular weight excluding hydrogens is 480 g/mol. The number of hydrogen-bond donors (Lipinski definition) is 0. The molecule has 0 aliphatic heterocycles. The summed E-state index contributed by atoms with van der Waals surface area (Å²) in [6, 6.07) is 0. The van der Waals surface area contributed by atoms with Gasteiger partial charge in [0.25, 0.3) is 0 Å². The van der Waals surface area contributed by atoms with Crippen LogP contribution in [0, 0.1) is 0 Å². The molecular formula is H8LiNaNiPbSnZn. The second kappa shape index (κ2) is 34.1. The summed E-state index contributed by atoms with van der Waals surface area (Å²) >= 11 is 0. The first kappa shape index (κ1) is 47.2. The van der Waals surface area contributed by atoms with E-state index >= 15 is 0 Å². The minimum Gasteiger partial charge on any atom is 0 e. The molecule has 0 saturated carbocycles. The summed E-state index contributed by atoms with van der Waals surface area (Å²) in [6.07, 6.45) is 0. The van der Waals surface area contributed by atoms with Gasteiger partial charge in [0.1, 0.15) is 0 Å². The van der Waals surface area contributed by atoms with Crippen LogP contribution in [0.25, 0.3) is 0 Å². The molecule has 0 atom stereocenters. The van der Waals surface area contributed by atoms with E-state index in [1.165, 1.54) is 0 Å². The monoisotopic (exact) mass is 488 g/mol. The van der Waals surface area contributed by atoms with E-state index < -0.39 is 0 Å². The van der Waals surface area contributed by atoms with Crippen LogP contribution in [-0.2, 0) is 36.0 Å². The van der Waals surface area contributed by atoms with Gasteiger partial charge in [-0.2, -0.15) is 0 Å². The van der Waals surface area contributed by atoms with E-state index in [9.17, 15) is 0 Å². The molecule has 0 nitrogen and oxygen atoms in total. The third kappa shape index (κ3) is 23.7. The van der Waals surface area contributed by atoms with E-state index in [4.69, 9.17) is 0 Å². The number of rotatable bonds is 0. The van der Waals surface area contributed by atoms with Crippen LogP contribution in [-0.4, -0.2) is 51.2 Å². The molecule has 0 unspecified atom stereocenters. The van der Waals surface area contributed by atoms with Gasteiger partial charge in [-0.3, -0.25) is 0 Å². The zero-order valence-electron chi connectivity index (χ0n) is 5.73. The Kier molecular flexibility index (Phi) is 269. The van der Waals surface area contributed by atoms with Crippen molar-refractivity contribution in [2.75, 3.05) is 0 Å². The second-order valence-corrected chi connectivity index (χ2v) is 0. The van der Waals surface area contributed by atoms with Crippen LogP contribution in [0.15, 0.2) is 0 Å². The number of hydrogen-bond acceptors (Lipinski definition) is 0. The molecule has 0 rings (SSSR count). The Balaban J connectivity index is 0. The Labute approximate surface area is 135 Å². The predicted octanol–water partition coefficient (Wildman–Crippen LogP) is -8.14. The van der Waals surface area contributed by atoms with Gasteiger partial charge in [0.15, 0.2) is 0 Å². The van der Waals surface area contributed by atoms with Crippen molar-refractivity contribution in [3.05, 3.63) is 0 Å². The van der Waals surface area contributed by atoms with Gasteiger partial charge in [-0.05, 0) is 0 Å². The molecule has 0 spiro atoms. The standard InChI is InChI=1S/Li.Na.Ni.Pb.Sn.Zn.8H/q2*+1;;;;;;;;;;;2*-1. The molecule has 0 amide bonds. The summed E-state index contributed by atoms with van der Waals surface area (Å²) in [5.74, 6) is 0. The van der Waals surface area contributed by atoms with Gasteiger partial charge in [0.05, 0.1) is 0 Å². The Morgan fingerprint density at radius 2 is 1.17 bits per heavy atom. The molecule has 30 valence electrons. The van der Waals surface area contributed by atoms with Gasteiger partial charge in [0.2, 0.25) is 0 Å². The summed E-state index contributed by atoms with van der Waals surface area (Å²) in [5, 5.41) is 0. The average molecular weight is 488 g/mol. The molecule has 6 heavy (non-hydrogen) atoms. The SMILES string of the molecule is [H-].[H-].[Li+].[Na+].[Ni].[PbH2].[SnH4].[Zn]. The quantitative estimate of drug-likeness (QED) is 0.298. The summed E-state index contributed by atoms with van der Waals surface area (Å²) in [6.45, 7) is 0. The maximum Gasteiger partial charge on any atom is 0 e. The predicted molar refractivity (Wildman–Crippen MR) is 22.1 cm³/mol. The van der Waals surface area contributed by atoms with Gasteiger partial charge in [-0.25, -0.2) is 0 Å². The molecule has 0 fully saturated rings. The Morgan fingerprint density at radius 3 is 1.17 bits per heavy atom. The van der Waals surface area contributed by atoms with Crippen molar-refractivity contribution in [2.24, 2.45) is 0 Å². The van der Waals surface area contributed by atoms with Crippen LogP contribution in [0.2, 0.25) is 0 Å². The van der Waals surface area contributed by atoms with Crippen molar-refractivity contribution in [3.8, 4) is 0 Å². The Hall–Kier alpha value is 4.44. The molecule has 0 aliphatic carbocycles. The van der Waals surface area contributed by atoms with Gasteiger partial charge in [-0.15, -0.1) is 0 Å². The van der Waals surface area contributed by atoms with Crippen molar-refractivity contribution < 1.29 is 87.2 Å². The molecule has 0 bridgehead atoms. The van der Waals surface area contributed by atoms with Gasteiger partial charge < -0.3 is 2.85 Å². The third-order valence-corrected chi connectivity index (χ3v) is 0. The fraction of sp³-hybridized carbons (Fsp3) is 0. The third-order valence-electron chi connectivity index (χ3n) is 0. The Morgan fingerprint density at radius 1 is 1.17 bits per heavy atom. The fourth-order valence-corrected chi connectivity index (χ4v) is 0. The van der Waals surface area contributed by atoms with Crippen molar-refractivity contribution >= 4 is 51.2 Å². The molecule has 0 aromatic heterocycles. The first-order valence-electron chi connectivity index (χ1n) is 0. The molecule has 0 aromatic carbocycles. The molecule has 0 aliphatic rings. The topological polar surface area (TPSA) is 0 Å². The van der Waals surface area contributed by atoms with E-state index in [2.05, 4.69) is 0 Å². The first-order valence-corrected chi connectivity index (χ1v) is 0. The molecule has 0 heterocycles. The zero-order valence-corrected chi connectivity index (χ0v) is 15.2. The van der Waals surface area contributed by atoms with Crippen LogP contribution >= 0.6 is 0 Å². The molecule has 6 heteroatoms. The molecule has 0 aromatic rings. The van der Waals surface area contributed by atoms with E-state index in [0.29, 0.717) is 0 Å². The molecule has 2 radical (unpaired) electrons. The van der Waals surface area contributed by atoms with E-state index in [1.54, 1.807) is 0 Å². The van der Waals surface area contributed by atoms with Gasteiger partial charge in [0, 0.05) is 36.0 Å². The Bertz CT molecular complexity index is 22.0. The van der Waals surface area contributed by atoms with Crippen LogP contribution in [0.4, 0.5) is 0 Å². The minimum absolute atomic E-state index is 0. The van der Waals surface area contributed by atoms with Gasteiger partial charge in [-0.1, -0.05) is 0 Å². The van der Waals surface area contributed by atoms with E-state index in [0.717, 1.165) is 0 Å².